The summed E-state index contributed by atoms with van der Waals surface area (Å²) in [5.74, 6) is -1.70. The van der Waals surface area contributed by atoms with Gasteiger partial charge in [0, 0.05) is 5.56 Å². The summed E-state index contributed by atoms with van der Waals surface area (Å²) in [4.78, 5) is 11.4. The van der Waals surface area contributed by atoms with Gasteiger partial charge in [-0.3, -0.25) is 4.79 Å². The molecule has 0 saturated heterocycles. The largest absolute Gasteiger partial charge is 0.505 e. The van der Waals surface area contributed by atoms with Gasteiger partial charge in [-0.05, 0) is 35.0 Å². The van der Waals surface area contributed by atoms with Crippen LogP contribution in [0.1, 0.15) is 17.3 Å². The van der Waals surface area contributed by atoms with Crippen LogP contribution in [0.25, 0.3) is 0 Å². The smallest absolute Gasteiger partial charge is 0.179 e. The van der Waals surface area contributed by atoms with Crippen molar-refractivity contribution >= 4 is 21.7 Å². The number of nitrogens with two attached hydrogens (primary N) is 1. The van der Waals surface area contributed by atoms with E-state index >= 15 is 0 Å². The number of rotatable bonds is 2. The van der Waals surface area contributed by atoms with Gasteiger partial charge in [-0.1, -0.05) is 0 Å². The average Bonchev–Trinajstić information content (AvgIpc) is 2.12. The van der Waals surface area contributed by atoms with E-state index < -0.39 is 17.6 Å². The molecule has 1 aromatic rings. The summed E-state index contributed by atoms with van der Waals surface area (Å²) in [5, 5.41) is 9.11. The summed E-state index contributed by atoms with van der Waals surface area (Å²) in [5.41, 5.74) is 5.55. The standard InChI is InChI=1S/C9H9BrFNO2/c1-4(12)9(14)5-2-6(10)8(11)7(13)3-5/h2-4,13H,12H2,1H3. The van der Waals surface area contributed by atoms with Crippen LogP contribution in [0.4, 0.5) is 4.39 Å². The monoisotopic (exact) mass is 261 g/mol. The molecule has 0 bridgehead atoms. The number of halogens is 2. The first-order chi connectivity index (χ1) is 6.43. The lowest BCUT2D eigenvalue weighted by molar-refractivity contribution is 0.0967. The van der Waals surface area contributed by atoms with E-state index in [0.717, 1.165) is 6.07 Å². The molecule has 1 aromatic carbocycles. The number of carbonyl (C=O) groups is 1. The van der Waals surface area contributed by atoms with Crippen molar-refractivity contribution in [2.45, 2.75) is 13.0 Å². The molecule has 0 spiro atoms. The normalized spacial score (nSPS) is 12.6. The molecular weight excluding hydrogens is 253 g/mol. The van der Waals surface area contributed by atoms with Crippen molar-refractivity contribution in [3.05, 3.63) is 28.0 Å². The Hall–Kier alpha value is -0.940. The highest BCUT2D eigenvalue weighted by atomic mass is 79.9. The van der Waals surface area contributed by atoms with E-state index in [9.17, 15) is 9.18 Å². The third-order valence-corrected chi connectivity index (χ3v) is 2.28. The molecule has 3 N–H and O–H groups in total. The van der Waals surface area contributed by atoms with Crippen LogP contribution >= 0.6 is 15.9 Å². The van der Waals surface area contributed by atoms with E-state index in [-0.39, 0.29) is 15.8 Å². The summed E-state index contributed by atoms with van der Waals surface area (Å²) in [6.07, 6.45) is 0. The number of phenolic OH excluding ortho intramolecular Hbond substituents is 1. The van der Waals surface area contributed by atoms with Crippen LogP contribution in [0.5, 0.6) is 5.75 Å². The lowest BCUT2D eigenvalue weighted by atomic mass is 10.1. The fraction of sp³-hybridized carbons (Fsp3) is 0.222. The predicted octanol–water partition coefficient (Wildman–Crippen LogP) is 1.82. The SMILES string of the molecule is CC(N)C(=O)c1cc(O)c(F)c(Br)c1. The molecule has 0 aromatic heterocycles. The molecule has 14 heavy (non-hydrogen) atoms. The second-order valence-electron chi connectivity index (χ2n) is 2.94. The zero-order valence-corrected chi connectivity index (χ0v) is 9.01. The minimum atomic E-state index is -0.786. The Morgan fingerprint density at radius 3 is 2.64 bits per heavy atom. The highest BCUT2D eigenvalue weighted by Gasteiger charge is 2.15. The van der Waals surface area contributed by atoms with E-state index in [1.165, 1.54) is 13.0 Å². The fourth-order valence-electron chi connectivity index (χ4n) is 0.980. The molecule has 0 fully saturated rings. The van der Waals surface area contributed by atoms with Gasteiger partial charge in [-0.25, -0.2) is 4.39 Å². The summed E-state index contributed by atoms with van der Waals surface area (Å²) < 4.78 is 13.0. The van der Waals surface area contributed by atoms with Gasteiger partial charge in [0.15, 0.2) is 17.3 Å². The van der Waals surface area contributed by atoms with Gasteiger partial charge >= 0.3 is 0 Å². The Balaban J connectivity index is 3.19. The second-order valence-corrected chi connectivity index (χ2v) is 3.80. The van der Waals surface area contributed by atoms with Crippen molar-refractivity contribution in [1.29, 1.82) is 0 Å². The van der Waals surface area contributed by atoms with Gasteiger partial charge in [0.2, 0.25) is 0 Å². The maximum atomic E-state index is 12.9. The van der Waals surface area contributed by atoms with E-state index in [1.54, 1.807) is 0 Å². The van der Waals surface area contributed by atoms with Crippen LogP contribution in [0.2, 0.25) is 0 Å². The lowest BCUT2D eigenvalue weighted by Gasteiger charge is -2.06. The maximum Gasteiger partial charge on any atom is 0.179 e. The van der Waals surface area contributed by atoms with Crippen molar-refractivity contribution < 1.29 is 14.3 Å². The molecule has 3 nitrogen and oxygen atoms in total. The van der Waals surface area contributed by atoms with Crippen molar-refractivity contribution in [3.8, 4) is 5.75 Å². The topological polar surface area (TPSA) is 63.3 Å². The van der Waals surface area contributed by atoms with Gasteiger partial charge in [-0.15, -0.1) is 0 Å². The highest BCUT2D eigenvalue weighted by molar-refractivity contribution is 9.10. The molecule has 0 aliphatic rings. The van der Waals surface area contributed by atoms with E-state index in [1.807, 2.05) is 0 Å². The summed E-state index contributed by atoms with van der Waals surface area (Å²) >= 11 is 2.89. The van der Waals surface area contributed by atoms with Crippen LogP contribution in [0.15, 0.2) is 16.6 Å². The molecule has 1 unspecified atom stereocenters. The molecular formula is C9H9BrFNO2. The summed E-state index contributed by atoms with van der Waals surface area (Å²) in [6, 6.07) is 1.68. The third-order valence-electron chi connectivity index (χ3n) is 1.71. The van der Waals surface area contributed by atoms with E-state index in [4.69, 9.17) is 10.8 Å². The van der Waals surface area contributed by atoms with Crippen molar-refractivity contribution in [2.24, 2.45) is 5.73 Å². The fourth-order valence-corrected chi connectivity index (χ4v) is 1.43. The second kappa shape index (κ2) is 4.06. The molecule has 1 rings (SSSR count). The van der Waals surface area contributed by atoms with Crippen molar-refractivity contribution in [2.75, 3.05) is 0 Å². The Kier molecular flexibility index (Phi) is 3.23. The quantitative estimate of drug-likeness (QED) is 0.799. The summed E-state index contributed by atoms with van der Waals surface area (Å²) in [6.45, 7) is 1.52. The molecule has 0 saturated carbocycles. The third kappa shape index (κ3) is 2.10. The highest BCUT2D eigenvalue weighted by Crippen LogP contribution is 2.26. The van der Waals surface area contributed by atoms with Gasteiger partial charge in [0.1, 0.15) is 0 Å². The Bertz CT molecular complexity index is 356. The van der Waals surface area contributed by atoms with Crippen LogP contribution in [0.3, 0.4) is 0 Å². The van der Waals surface area contributed by atoms with Crippen LogP contribution in [-0.4, -0.2) is 16.9 Å². The first-order valence-electron chi connectivity index (χ1n) is 3.91. The first-order valence-corrected chi connectivity index (χ1v) is 4.70. The number of Topliss-reactive ketones (excluding diaryl/α,β-unsaturated/α-hetero) is 1. The Labute approximate surface area is 88.9 Å². The predicted molar refractivity (Wildman–Crippen MR) is 53.7 cm³/mol. The van der Waals surface area contributed by atoms with Crippen molar-refractivity contribution in [1.82, 2.24) is 0 Å². The lowest BCUT2D eigenvalue weighted by Crippen LogP contribution is -2.26. The van der Waals surface area contributed by atoms with E-state index in [0.29, 0.717) is 0 Å². The number of hydrogen-bond donors (Lipinski definition) is 2. The molecule has 0 heterocycles. The number of benzene rings is 1. The molecule has 0 radical (unpaired) electrons. The van der Waals surface area contributed by atoms with Gasteiger partial charge < -0.3 is 10.8 Å². The number of hydrogen-bond acceptors (Lipinski definition) is 3. The number of carbonyl (C=O) groups excluding carboxylic acids is 1. The van der Waals surface area contributed by atoms with Crippen LogP contribution in [-0.2, 0) is 0 Å². The number of aromatic hydroxyl groups is 1. The van der Waals surface area contributed by atoms with Gasteiger partial charge in [-0.2, -0.15) is 0 Å². The summed E-state index contributed by atoms with van der Waals surface area (Å²) in [7, 11) is 0. The number of ketones is 1. The molecule has 0 amide bonds. The van der Waals surface area contributed by atoms with Crippen LogP contribution < -0.4 is 5.73 Å². The molecule has 0 aliphatic heterocycles. The maximum absolute atomic E-state index is 12.9. The molecule has 5 heteroatoms. The van der Waals surface area contributed by atoms with E-state index in [2.05, 4.69) is 15.9 Å². The zero-order valence-electron chi connectivity index (χ0n) is 7.42. The average molecular weight is 262 g/mol. The molecule has 76 valence electrons. The number of phenols is 1. The Morgan fingerprint density at radius 1 is 1.64 bits per heavy atom. The molecule has 1 atom stereocenters. The van der Waals surface area contributed by atoms with Gasteiger partial charge in [0.25, 0.3) is 0 Å². The minimum absolute atomic E-state index is 0.0431. The Morgan fingerprint density at radius 2 is 2.21 bits per heavy atom. The zero-order chi connectivity index (χ0) is 10.9. The first kappa shape index (κ1) is 11.1. The molecule has 0 aliphatic carbocycles. The van der Waals surface area contributed by atoms with Crippen LogP contribution in [0, 0.1) is 5.82 Å². The van der Waals surface area contributed by atoms with Crippen molar-refractivity contribution in [3.63, 3.8) is 0 Å². The van der Waals surface area contributed by atoms with Gasteiger partial charge in [0.05, 0.1) is 10.5 Å². The minimum Gasteiger partial charge on any atom is -0.505 e.